The molecule has 0 spiro atoms. The first-order chi connectivity index (χ1) is 15.5. The summed E-state index contributed by atoms with van der Waals surface area (Å²) in [7, 11) is 1.85. The summed E-state index contributed by atoms with van der Waals surface area (Å²) in [4.78, 5) is 24.0. The summed E-state index contributed by atoms with van der Waals surface area (Å²) < 4.78 is 5.60. The van der Waals surface area contributed by atoms with Gasteiger partial charge in [0.15, 0.2) is 5.96 Å². The number of hydrogen-bond acceptors (Lipinski definition) is 4. The van der Waals surface area contributed by atoms with Crippen LogP contribution in [0.4, 0.5) is 0 Å². The number of piperidine rings is 1. The Hall–Kier alpha value is -1.55. The van der Waals surface area contributed by atoms with E-state index in [1.807, 2.05) is 7.05 Å². The highest BCUT2D eigenvalue weighted by atomic mass is 127. The zero-order valence-corrected chi connectivity index (χ0v) is 22.7. The van der Waals surface area contributed by atoms with Gasteiger partial charge >= 0.3 is 0 Å². The molecular formula is C25H40IN5O2. The Kier molecular flexibility index (Phi) is 9.67. The van der Waals surface area contributed by atoms with Crippen molar-refractivity contribution < 1.29 is 9.53 Å². The molecule has 7 nitrogen and oxygen atoms in total. The number of benzene rings is 1. The van der Waals surface area contributed by atoms with Gasteiger partial charge in [0.2, 0.25) is 5.91 Å². The van der Waals surface area contributed by atoms with Crippen LogP contribution in [0.15, 0.2) is 23.2 Å². The topological polar surface area (TPSA) is 60.4 Å². The molecule has 2 atom stereocenters. The molecular weight excluding hydrogens is 529 g/mol. The number of amides is 1. The number of nitrogens with zero attached hydrogens (tertiary/aromatic N) is 4. The summed E-state index contributed by atoms with van der Waals surface area (Å²) in [6.07, 6.45) is 3.21. The van der Waals surface area contributed by atoms with Crippen LogP contribution in [0.1, 0.15) is 31.4 Å². The highest BCUT2D eigenvalue weighted by Crippen LogP contribution is 2.26. The second-order valence-electron chi connectivity index (χ2n) is 9.77. The molecule has 3 aliphatic heterocycles. The summed E-state index contributed by atoms with van der Waals surface area (Å²) in [5.74, 6) is 3.51. The van der Waals surface area contributed by atoms with E-state index in [9.17, 15) is 4.79 Å². The number of carbonyl (C=O) groups is 1. The van der Waals surface area contributed by atoms with E-state index in [1.165, 1.54) is 17.5 Å². The maximum atomic E-state index is 12.8. The van der Waals surface area contributed by atoms with Crippen molar-refractivity contribution in [3.63, 3.8) is 0 Å². The van der Waals surface area contributed by atoms with E-state index in [1.54, 1.807) is 0 Å². The molecule has 2 fully saturated rings. The number of fused-ring (bicyclic) bond motifs is 1. The van der Waals surface area contributed by atoms with Crippen LogP contribution in [-0.4, -0.2) is 92.6 Å². The van der Waals surface area contributed by atoms with Crippen molar-refractivity contribution in [1.82, 2.24) is 20.0 Å². The average Bonchev–Trinajstić information content (AvgIpc) is 3.25. The number of guanidine groups is 1. The van der Waals surface area contributed by atoms with Crippen molar-refractivity contribution in [1.29, 1.82) is 0 Å². The third-order valence-corrected chi connectivity index (χ3v) is 6.91. The Balaban J connectivity index is 0.00000306. The van der Waals surface area contributed by atoms with Crippen molar-refractivity contribution in [3.05, 3.63) is 29.3 Å². The van der Waals surface area contributed by atoms with E-state index in [4.69, 9.17) is 4.74 Å². The Morgan fingerprint density at radius 2 is 1.85 bits per heavy atom. The molecule has 33 heavy (non-hydrogen) atoms. The summed E-state index contributed by atoms with van der Waals surface area (Å²) >= 11 is 0. The van der Waals surface area contributed by atoms with E-state index in [2.05, 4.69) is 57.1 Å². The van der Waals surface area contributed by atoms with E-state index in [0.29, 0.717) is 24.3 Å². The molecule has 2 unspecified atom stereocenters. The second kappa shape index (κ2) is 12.2. The summed E-state index contributed by atoms with van der Waals surface area (Å²) in [6.45, 7) is 12.1. The number of piperazine rings is 1. The van der Waals surface area contributed by atoms with Gasteiger partial charge in [-0.2, -0.15) is 0 Å². The Morgan fingerprint density at radius 3 is 2.55 bits per heavy atom. The van der Waals surface area contributed by atoms with Crippen LogP contribution in [0.25, 0.3) is 0 Å². The fraction of sp³-hybridized carbons (Fsp3) is 0.680. The second-order valence-corrected chi connectivity index (χ2v) is 9.77. The Morgan fingerprint density at radius 1 is 1.12 bits per heavy atom. The molecule has 0 radical (unpaired) electrons. The Labute approximate surface area is 215 Å². The molecule has 0 aliphatic carbocycles. The molecule has 8 heteroatoms. The van der Waals surface area contributed by atoms with Crippen LogP contribution in [0.3, 0.4) is 0 Å². The van der Waals surface area contributed by atoms with Gasteiger partial charge in [0, 0.05) is 59.3 Å². The molecule has 184 valence electrons. The molecule has 0 aromatic heterocycles. The summed E-state index contributed by atoms with van der Waals surface area (Å²) in [6, 6.07) is 6.53. The molecule has 0 bridgehead atoms. The standard InChI is InChI=1S/C25H39N5O2.HI/c1-19-14-20(2)17-30(16-19)24(31)18-28-9-11-29(12-10-28)25(26-3)27-8-6-21-4-5-23-22(15-21)7-13-32-23;/h4-5,15,19-20H,6-14,16-18H2,1-3H3,(H,26,27);1H. The minimum atomic E-state index is 0. The van der Waals surface area contributed by atoms with Gasteiger partial charge in [-0.05, 0) is 41.9 Å². The lowest BCUT2D eigenvalue weighted by Gasteiger charge is -2.39. The maximum absolute atomic E-state index is 12.8. The highest BCUT2D eigenvalue weighted by molar-refractivity contribution is 14.0. The van der Waals surface area contributed by atoms with Crippen LogP contribution in [-0.2, 0) is 17.6 Å². The number of carbonyl (C=O) groups excluding carboxylic acids is 1. The zero-order valence-electron chi connectivity index (χ0n) is 20.4. The predicted molar refractivity (Wildman–Crippen MR) is 144 cm³/mol. The lowest BCUT2D eigenvalue weighted by Crippen LogP contribution is -2.55. The third kappa shape index (κ3) is 6.97. The van der Waals surface area contributed by atoms with Crippen molar-refractivity contribution in [2.75, 3.05) is 66.0 Å². The quantitative estimate of drug-likeness (QED) is 0.336. The number of aliphatic imine (C=N–C) groups is 1. The lowest BCUT2D eigenvalue weighted by molar-refractivity contribution is -0.135. The molecule has 3 heterocycles. The largest absolute Gasteiger partial charge is 0.493 e. The monoisotopic (exact) mass is 569 g/mol. The maximum Gasteiger partial charge on any atom is 0.236 e. The van der Waals surface area contributed by atoms with Gasteiger partial charge in [-0.1, -0.05) is 26.0 Å². The first kappa shape index (κ1) is 26.1. The molecule has 1 aromatic rings. The molecule has 1 N–H and O–H groups in total. The van der Waals surface area contributed by atoms with E-state index < -0.39 is 0 Å². The molecule has 2 saturated heterocycles. The zero-order chi connectivity index (χ0) is 22.5. The minimum absolute atomic E-state index is 0. The number of ether oxygens (including phenoxy) is 1. The number of hydrogen-bond donors (Lipinski definition) is 1. The molecule has 0 saturated carbocycles. The Bertz CT molecular complexity index is 815. The van der Waals surface area contributed by atoms with Gasteiger partial charge < -0.3 is 19.9 Å². The van der Waals surface area contributed by atoms with E-state index >= 15 is 0 Å². The predicted octanol–water partition coefficient (Wildman–Crippen LogP) is 2.48. The fourth-order valence-corrected chi connectivity index (χ4v) is 5.32. The van der Waals surface area contributed by atoms with Gasteiger partial charge in [-0.25, -0.2) is 0 Å². The lowest BCUT2D eigenvalue weighted by atomic mass is 9.92. The number of halogens is 1. The van der Waals surface area contributed by atoms with Crippen LogP contribution < -0.4 is 10.1 Å². The van der Waals surface area contributed by atoms with Gasteiger partial charge in [-0.3, -0.25) is 14.7 Å². The van der Waals surface area contributed by atoms with Crippen molar-refractivity contribution in [2.45, 2.75) is 33.1 Å². The van der Waals surface area contributed by atoms with Crippen LogP contribution in [0.2, 0.25) is 0 Å². The fourth-order valence-electron chi connectivity index (χ4n) is 5.32. The average molecular weight is 570 g/mol. The highest BCUT2D eigenvalue weighted by Gasteiger charge is 2.28. The first-order valence-corrected chi connectivity index (χ1v) is 12.2. The summed E-state index contributed by atoms with van der Waals surface area (Å²) in [5, 5.41) is 3.52. The third-order valence-electron chi connectivity index (χ3n) is 6.91. The van der Waals surface area contributed by atoms with Gasteiger partial charge in [0.1, 0.15) is 5.75 Å². The summed E-state index contributed by atoms with van der Waals surface area (Å²) in [5.41, 5.74) is 2.66. The van der Waals surface area contributed by atoms with Crippen LogP contribution in [0, 0.1) is 11.8 Å². The van der Waals surface area contributed by atoms with Crippen molar-refractivity contribution in [2.24, 2.45) is 16.8 Å². The van der Waals surface area contributed by atoms with Crippen molar-refractivity contribution >= 4 is 35.8 Å². The number of nitrogens with one attached hydrogen (secondary N) is 1. The SMILES string of the molecule is CN=C(NCCc1ccc2c(c1)CCO2)N1CCN(CC(=O)N2CC(C)CC(C)C2)CC1.I. The first-order valence-electron chi connectivity index (χ1n) is 12.2. The molecule has 3 aliphatic rings. The van der Waals surface area contributed by atoms with Crippen molar-refractivity contribution in [3.8, 4) is 5.75 Å². The normalized spacial score (nSPS) is 23.5. The van der Waals surface area contributed by atoms with E-state index in [-0.39, 0.29) is 24.0 Å². The van der Waals surface area contributed by atoms with Crippen LogP contribution in [0.5, 0.6) is 5.75 Å². The van der Waals surface area contributed by atoms with E-state index in [0.717, 1.165) is 77.0 Å². The van der Waals surface area contributed by atoms with Gasteiger partial charge in [-0.15, -0.1) is 24.0 Å². The van der Waals surface area contributed by atoms with Crippen LogP contribution >= 0.6 is 24.0 Å². The molecule has 1 aromatic carbocycles. The molecule has 4 rings (SSSR count). The molecule has 1 amide bonds. The smallest absolute Gasteiger partial charge is 0.236 e. The number of likely N-dealkylation sites (tertiary alicyclic amines) is 1. The number of rotatable bonds is 5. The van der Waals surface area contributed by atoms with Gasteiger partial charge in [0.25, 0.3) is 0 Å². The minimum Gasteiger partial charge on any atom is -0.493 e. The van der Waals surface area contributed by atoms with Gasteiger partial charge in [0.05, 0.1) is 13.2 Å².